The van der Waals surface area contributed by atoms with E-state index in [1.807, 2.05) is 0 Å². The number of hydrogen-bond acceptors (Lipinski definition) is 4. The molecule has 4 nitrogen and oxygen atoms in total. The number of piperazine rings is 1. The second kappa shape index (κ2) is 10.6. The summed E-state index contributed by atoms with van der Waals surface area (Å²) in [7, 11) is 0. The van der Waals surface area contributed by atoms with Crippen molar-refractivity contribution in [1.29, 1.82) is 0 Å². The first-order valence-corrected chi connectivity index (χ1v) is 8.00. The molecule has 1 heterocycles. The molecule has 2 N–H and O–H groups in total. The van der Waals surface area contributed by atoms with Crippen LogP contribution in [0.25, 0.3) is 0 Å². The molecule has 114 valence electrons. The normalized spacial score (nSPS) is 19.7. The molecule has 0 aromatic heterocycles. The van der Waals surface area contributed by atoms with Crippen LogP contribution in [0.5, 0.6) is 0 Å². The van der Waals surface area contributed by atoms with Gasteiger partial charge in [0.25, 0.3) is 0 Å². The number of β-amino-alcohol motifs (C(OH)–C–C–N with tert-alkyl or cyclic N) is 1. The second-order valence-electron chi connectivity index (χ2n) is 5.75. The lowest BCUT2D eigenvalue weighted by Gasteiger charge is -2.35. The third-order valence-electron chi connectivity index (χ3n) is 3.97. The highest BCUT2D eigenvalue weighted by Crippen LogP contribution is 2.08. The number of rotatable bonds is 10. The maximum Gasteiger partial charge on any atom is 0.0897 e. The highest BCUT2D eigenvalue weighted by molar-refractivity contribution is 4.73. The molecule has 0 saturated carbocycles. The Morgan fingerprint density at radius 2 is 1.47 bits per heavy atom. The quantitative estimate of drug-likeness (QED) is 0.589. The van der Waals surface area contributed by atoms with Gasteiger partial charge < -0.3 is 15.1 Å². The minimum Gasteiger partial charge on any atom is -0.394 e. The van der Waals surface area contributed by atoms with E-state index in [4.69, 9.17) is 5.11 Å². The molecule has 4 heteroatoms. The zero-order valence-corrected chi connectivity index (χ0v) is 12.6. The molecule has 0 aromatic rings. The number of hydrogen-bond donors (Lipinski definition) is 2. The van der Waals surface area contributed by atoms with Crippen molar-refractivity contribution in [2.75, 3.05) is 45.9 Å². The smallest absolute Gasteiger partial charge is 0.0897 e. The molecular weight excluding hydrogens is 240 g/mol. The van der Waals surface area contributed by atoms with Gasteiger partial charge in [0.2, 0.25) is 0 Å². The lowest BCUT2D eigenvalue weighted by molar-refractivity contribution is 0.0393. The largest absolute Gasteiger partial charge is 0.394 e. The van der Waals surface area contributed by atoms with E-state index in [-0.39, 0.29) is 6.61 Å². The molecule has 0 spiro atoms. The van der Waals surface area contributed by atoms with Crippen LogP contribution >= 0.6 is 0 Å². The van der Waals surface area contributed by atoms with Crippen molar-refractivity contribution in [2.24, 2.45) is 0 Å². The van der Waals surface area contributed by atoms with E-state index in [0.29, 0.717) is 6.54 Å². The Balaban J connectivity index is 1.97. The summed E-state index contributed by atoms with van der Waals surface area (Å²) >= 11 is 0. The standard InChI is InChI=1S/C15H32N2O2/c1-2-3-4-5-6-7-8-16-9-11-17(12-10-16)13-15(19)14-18/h15,18-19H,2-14H2,1H3. The molecular formula is C15H32N2O2. The fourth-order valence-corrected chi connectivity index (χ4v) is 2.67. The van der Waals surface area contributed by atoms with Crippen molar-refractivity contribution in [3.8, 4) is 0 Å². The lowest BCUT2D eigenvalue weighted by atomic mass is 10.1. The van der Waals surface area contributed by atoms with Gasteiger partial charge in [-0.1, -0.05) is 39.0 Å². The summed E-state index contributed by atoms with van der Waals surface area (Å²) in [6.45, 7) is 8.22. The average molecular weight is 272 g/mol. The molecule has 1 aliphatic heterocycles. The molecule has 0 bridgehead atoms. The second-order valence-corrected chi connectivity index (χ2v) is 5.75. The van der Waals surface area contributed by atoms with E-state index >= 15 is 0 Å². The first kappa shape index (κ1) is 16.9. The van der Waals surface area contributed by atoms with Crippen LogP contribution in [-0.2, 0) is 0 Å². The van der Waals surface area contributed by atoms with Crippen LogP contribution in [0.4, 0.5) is 0 Å². The van der Waals surface area contributed by atoms with E-state index in [2.05, 4.69) is 16.7 Å². The van der Waals surface area contributed by atoms with Gasteiger partial charge in [-0.05, 0) is 13.0 Å². The maximum absolute atomic E-state index is 9.41. The monoisotopic (exact) mass is 272 g/mol. The predicted octanol–water partition coefficient (Wildman–Crippen LogP) is 1.32. The van der Waals surface area contributed by atoms with E-state index in [9.17, 15) is 5.11 Å². The van der Waals surface area contributed by atoms with Crippen molar-refractivity contribution >= 4 is 0 Å². The van der Waals surface area contributed by atoms with Crippen molar-refractivity contribution in [3.05, 3.63) is 0 Å². The van der Waals surface area contributed by atoms with Gasteiger partial charge in [0.1, 0.15) is 0 Å². The van der Waals surface area contributed by atoms with Crippen LogP contribution in [0.1, 0.15) is 45.4 Å². The van der Waals surface area contributed by atoms with Gasteiger partial charge in [0.15, 0.2) is 0 Å². The van der Waals surface area contributed by atoms with Crippen molar-refractivity contribution < 1.29 is 10.2 Å². The summed E-state index contributed by atoms with van der Waals surface area (Å²) in [5.41, 5.74) is 0. The zero-order valence-electron chi connectivity index (χ0n) is 12.6. The van der Waals surface area contributed by atoms with Crippen molar-refractivity contribution in [2.45, 2.75) is 51.6 Å². The predicted molar refractivity (Wildman–Crippen MR) is 79.3 cm³/mol. The molecule has 1 atom stereocenters. The highest BCUT2D eigenvalue weighted by Gasteiger charge is 2.18. The Kier molecular flexibility index (Phi) is 9.43. The van der Waals surface area contributed by atoms with Gasteiger partial charge in [-0.3, -0.25) is 4.90 Å². The highest BCUT2D eigenvalue weighted by atomic mass is 16.3. The number of aliphatic hydroxyl groups is 2. The first-order valence-electron chi connectivity index (χ1n) is 8.00. The summed E-state index contributed by atoms with van der Waals surface area (Å²) < 4.78 is 0. The van der Waals surface area contributed by atoms with Crippen LogP contribution in [-0.4, -0.2) is 72.0 Å². The molecule has 1 unspecified atom stereocenters. The maximum atomic E-state index is 9.41. The third kappa shape index (κ3) is 7.88. The minimum absolute atomic E-state index is 0.127. The van der Waals surface area contributed by atoms with Gasteiger partial charge in [0, 0.05) is 32.7 Å². The van der Waals surface area contributed by atoms with Crippen LogP contribution in [0.2, 0.25) is 0 Å². The van der Waals surface area contributed by atoms with Crippen LogP contribution < -0.4 is 0 Å². The first-order chi connectivity index (χ1) is 9.26. The van der Waals surface area contributed by atoms with Gasteiger partial charge >= 0.3 is 0 Å². The third-order valence-corrected chi connectivity index (χ3v) is 3.97. The van der Waals surface area contributed by atoms with Gasteiger partial charge in [-0.2, -0.15) is 0 Å². The molecule has 0 aliphatic carbocycles. The van der Waals surface area contributed by atoms with Gasteiger partial charge in [-0.15, -0.1) is 0 Å². The van der Waals surface area contributed by atoms with Crippen molar-refractivity contribution in [1.82, 2.24) is 9.80 Å². The fraction of sp³-hybridized carbons (Fsp3) is 1.00. The molecule has 1 rings (SSSR count). The van der Waals surface area contributed by atoms with Crippen LogP contribution in [0.15, 0.2) is 0 Å². The Morgan fingerprint density at radius 3 is 2.11 bits per heavy atom. The van der Waals surface area contributed by atoms with Gasteiger partial charge in [-0.25, -0.2) is 0 Å². The summed E-state index contributed by atoms with van der Waals surface area (Å²) in [6, 6.07) is 0. The van der Waals surface area contributed by atoms with E-state index < -0.39 is 6.10 Å². The number of unbranched alkanes of at least 4 members (excludes halogenated alkanes) is 5. The Morgan fingerprint density at radius 1 is 0.895 bits per heavy atom. The van der Waals surface area contributed by atoms with E-state index in [1.165, 1.54) is 45.1 Å². The van der Waals surface area contributed by atoms with Crippen molar-refractivity contribution in [3.63, 3.8) is 0 Å². The molecule has 0 radical (unpaired) electrons. The summed E-state index contributed by atoms with van der Waals surface area (Å²) in [4.78, 5) is 4.78. The Bertz CT molecular complexity index is 206. The minimum atomic E-state index is -0.579. The molecule has 1 aliphatic rings. The fourth-order valence-electron chi connectivity index (χ4n) is 2.67. The summed E-state index contributed by atoms with van der Waals surface area (Å²) in [5, 5.41) is 18.3. The average Bonchev–Trinajstić information content (AvgIpc) is 2.44. The summed E-state index contributed by atoms with van der Waals surface area (Å²) in [5.74, 6) is 0. The molecule has 0 amide bonds. The molecule has 19 heavy (non-hydrogen) atoms. The zero-order chi connectivity index (χ0) is 13.9. The Hall–Kier alpha value is -0.160. The number of aliphatic hydroxyl groups excluding tert-OH is 2. The number of nitrogens with zero attached hydrogens (tertiary/aromatic N) is 2. The molecule has 0 aromatic carbocycles. The van der Waals surface area contributed by atoms with Crippen LogP contribution in [0.3, 0.4) is 0 Å². The van der Waals surface area contributed by atoms with E-state index in [1.54, 1.807) is 0 Å². The van der Waals surface area contributed by atoms with E-state index in [0.717, 1.165) is 26.2 Å². The molecule has 1 fully saturated rings. The summed E-state index contributed by atoms with van der Waals surface area (Å²) in [6.07, 6.45) is 7.59. The Labute approximate surface area is 118 Å². The SMILES string of the molecule is CCCCCCCCN1CCN(CC(O)CO)CC1. The van der Waals surface area contributed by atoms with Gasteiger partial charge in [0.05, 0.1) is 12.7 Å². The van der Waals surface area contributed by atoms with Crippen LogP contribution in [0, 0.1) is 0 Å². The lowest BCUT2D eigenvalue weighted by Crippen LogP contribution is -2.49. The molecule has 1 saturated heterocycles. The topological polar surface area (TPSA) is 46.9 Å².